The summed E-state index contributed by atoms with van der Waals surface area (Å²) in [5, 5.41) is 2.77. The Labute approximate surface area is 88.4 Å². The Morgan fingerprint density at radius 3 is 2.53 bits per heavy atom. The summed E-state index contributed by atoms with van der Waals surface area (Å²) in [6, 6.07) is 9.79. The fourth-order valence-electron chi connectivity index (χ4n) is 1.64. The summed E-state index contributed by atoms with van der Waals surface area (Å²) < 4.78 is 1.85. The van der Waals surface area contributed by atoms with Crippen LogP contribution in [0.25, 0.3) is 11.3 Å². The average molecular weight is 202 g/mol. The van der Waals surface area contributed by atoms with Crippen LogP contribution in [0, 0.1) is 6.92 Å². The van der Waals surface area contributed by atoms with Crippen molar-refractivity contribution in [2.24, 2.45) is 0 Å². The summed E-state index contributed by atoms with van der Waals surface area (Å²) in [7, 11) is 0. The maximum Gasteiger partial charge on any atom is 0.264 e. The first-order valence-corrected chi connectivity index (χ1v) is 5.07. The van der Waals surface area contributed by atoms with Crippen molar-refractivity contribution >= 4 is 0 Å². The zero-order chi connectivity index (χ0) is 10.8. The molecular weight excluding hydrogens is 188 g/mol. The normalized spacial score (nSPS) is 10.5. The van der Waals surface area contributed by atoms with Gasteiger partial charge in [0.15, 0.2) is 0 Å². The molecule has 0 spiro atoms. The highest BCUT2D eigenvalue weighted by atomic mass is 16.1. The minimum atomic E-state index is -0.0487. The van der Waals surface area contributed by atoms with Crippen LogP contribution in [0.3, 0.4) is 0 Å². The van der Waals surface area contributed by atoms with Gasteiger partial charge in [0.1, 0.15) is 0 Å². The molecule has 0 aliphatic heterocycles. The van der Waals surface area contributed by atoms with Crippen LogP contribution in [0.5, 0.6) is 0 Å². The molecule has 3 heteroatoms. The lowest BCUT2D eigenvalue weighted by atomic mass is 10.1. The van der Waals surface area contributed by atoms with Gasteiger partial charge in [-0.25, -0.2) is 0 Å². The molecule has 0 amide bonds. The molecule has 1 N–H and O–H groups in total. The summed E-state index contributed by atoms with van der Waals surface area (Å²) in [6.45, 7) is 4.83. The molecule has 2 rings (SSSR count). The Kier molecular flexibility index (Phi) is 2.46. The molecule has 1 heterocycles. The van der Waals surface area contributed by atoms with Crippen LogP contribution in [-0.4, -0.2) is 9.78 Å². The highest BCUT2D eigenvalue weighted by Gasteiger charge is 2.04. The maximum atomic E-state index is 11.2. The highest BCUT2D eigenvalue weighted by molar-refractivity contribution is 5.59. The number of nitrogens with zero attached hydrogens (tertiary/aromatic N) is 1. The Balaban J connectivity index is 2.53. The maximum absolute atomic E-state index is 11.2. The molecule has 0 fully saturated rings. The van der Waals surface area contributed by atoms with Crippen molar-refractivity contribution in [3.8, 4) is 11.3 Å². The van der Waals surface area contributed by atoms with Crippen molar-refractivity contribution in [1.82, 2.24) is 9.78 Å². The molecule has 1 aromatic carbocycles. The highest BCUT2D eigenvalue weighted by Crippen LogP contribution is 2.17. The molecule has 0 aliphatic rings. The first-order chi connectivity index (χ1) is 7.20. The second-order valence-corrected chi connectivity index (χ2v) is 3.62. The third kappa shape index (κ3) is 1.86. The summed E-state index contributed by atoms with van der Waals surface area (Å²) in [5.74, 6) is 0. The molecule has 0 bridgehead atoms. The molecule has 2 aromatic rings. The third-order valence-electron chi connectivity index (χ3n) is 2.47. The predicted octanol–water partition coefficient (Wildman–Crippen LogP) is 2.17. The van der Waals surface area contributed by atoms with Gasteiger partial charge in [0.25, 0.3) is 5.56 Å². The Morgan fingerprint density at radius 1 is 1.27 bits per heavy atom. The molecule has 0 saturated heterocycles. The van der Waals surface area contributed by atoms with Gasteiger partial charge >= 0.3 is 0 Å². The number of aromatic nitrogens is 2. The summed E-state index contributed by atoms with van der Waals surface area (Å²) in [6.07, 6.45) is 0. The van der Waals surface area contributed by atoms with Crippen LogP contribution in [-0.2, 0) is 6.54 Å². The minimum Gasteiger partial charge on any atom is -0.285 e. The number of H-pyrrole nitrogens is 1. The van der Waals surface area contributed by atoms with E-state index in [2.05, 4.69) is 5.10 Å². The van der Waals surface area contributed by atoms with Gasteiger partial charge in [-0.2, -0.15) is 0 Å². The largest absolute Gasteiger partial charge is 0.285 e. The van der Waals surface area contributed by atoms with E-state index in [0.717, 1.165) is 17.8 Å². The molecule has 0 radical (unpaired) electrons. The van der Waals surface area contributed by atoms with E-state index in [0.29, 0.717) is 0 Å². The van der Waals surface area contributed by atoms with Crippen LogP contribution in [0.4, 0.5) is 0 Å². The monoisotopic (exact) mass is 202 g/mol. The number of aryl methyl sites for hydroxylation is 2. The van der Waals surface area contributed by atoms with E-state index in [1.54, 1.807) is 6.07 Å². The first-order valence-electron chi connectivity index (χ1n) is 5.07. The summed E-state index contributed by atoms with van der Waals surface area (Å²) >= 11 is 0. The molecule has 3 nitrogen and oxygen atoms in total. The van der Waals surface area contributed by atoms with Gasteiger partial charge in [-0.05, 0) is 19.4 Å². The Hall–Kier alpha value is -1.77. The number of hydrogen-bond acceptors (Lipinski definition) is 1. The van der Waals surface area contributed by atoms with E-state index >= 15 is 0 Å². The molecule has 15 heavy (non-hydrogen) atoms. The van der Waals surface area contributed by atoms with Crippen molar-refractivity contribution in [3.05, 3.63) is 46.2 Å². The molecule has 78 valence electrons. The van der Waals surface area contributed by atoms with Gasteiger partial charge in [-0.3, -0.25) is 14.6 Å². The lowest BCUT2D eigenvalue weighted by Crippen LogP contribution is -2.04. The van der Waals surface area contributed by atoms with Crippen LogP contribution < -0.4 is 5.56 Å². The second-order valence-electron chi connectivity index (χ2n) is 3.62. The van der Waals surface area contributed by atoms with Crippen LogP contribution >= 0.6 is 0 Å². The predicted molar refractivity (Wildman–Crippen MR) is 60.9 cm³/mol. The third-order valence-corrected chi connectivity index (χ3v) is 2.47. The van der Waals surface area contributed by atoms with Crippen molar-refractivity contribution in [1.29, 1.82) is 0 Å². The second kappa shape index (κ2) is 3.77. The van der Waals surface area contributed by atoms with Crippen molar-refractivity contribution < 1.29 is 0 Å². The lowest BCUT2D eigenvalue weighted by Gasteiger charge is -2.05. The van der Waals surface area contributed by atoms with Crippen molar-refractivity contribution in [2.75, 3.05) is 0 Å². The van der Waals surface area contributed by atoms with Gasteiger partial charge in [-0.1, -0.05) is 29.8 Å². The van der Waals surface area contributed by atoms with E-state index in [1.165, 1.54) is 5.56 Å². The van der Waals surface area contributed by atoms with Crippen molar-refractivity contribution in [2.45, 2.75) is 20.4 Å². The quantitative estimate of drug-likeness (QED) is 0.796. The zero-order valence-electron chi connectivity index (χ0n) is 8.95. The zero-order valence-corrected chi connectivity index (χ0v) is 8.95. The lowest BCUT2D eigenvalue weighted by molar-refractivity contribution is 0.660. The number of aromatic amines is 1. The van der Waals surface area contributed by atoms with Gasteiger partial charge in [0, 0.05) is 12.6 Å². The van der Waals surface area contributed by atoms with Crippen molar-refractivity contribution in [3.63, 3.8) is 0 Å². The standard InChI is InChI=1S/C12H14N2O/c1-3-14-11(8-12(15)13-14)10-6-4-9(2)5-7-10/h4-8H,3H2,1-2H3,(H,13,15). The minimum absolute atomic E-state index is 0.0487. The summed E-state index contributed by atoms with van der Waals surface area (Å²) in [4.78, 5) is 11.2. The average Bonchev–Trinajstić information content (AvgIpc) is 2.61. The van der Waals surface area contributed by atoms with E-state index in [-0.39, 0.29) is 5.56 Å². The molecule has 0 unspecified atom stereocenters. The van der Waals surface area contributed by atoms with E-state index in [4.69, 9.17) is 0 Å². The van der Waals surface area contributed by atoms with E-state index in [1.807, 2.05) is 42.8 Å². The first kappa shape index (κ1) is 9.77. The molecule has 0 aliphatic carbocycles. The number of hydrogen-bond donors (Lipinski definition) is 1. The van der Waals surface area contributed by atoms with Crippen LogP contribution in [0.2, 0.25) is 0 Å². The molecule has 1 aromatic heterocycles. The molecule has 0 atom stereocenters. The number of benzene rings is 1. The fourth-order valence-corrected chi connectivity index (χ4v) is 1.64. The number of nitrogens with one attached hydrogen (secondary N) is 1. The molecular formula is C12H14N2O. The van der Waals surface area contributed by atoms with Crippen LogP contribution in [0.1, 0.15) is 12.5 Å². The number of rotatable bonds is 2. The SMILES string of the molecule is CCn1[nH]c(=O)cc1-c1ccc(C)cc1. The smallest absolute Gasteiger partial charge is 0.264 e. The van der Waals surface area contributed by atoms with Gasteiger partial charge in [0.2, 0.25) is 0 Å². The van der Waals surface area contributed by atoms with Crippen LogP contribution in [0.15, 0.2) is 35.1 Å². The van der Waals surface area contributed by atoms with Gasteiger partial charge < -0.3 is 0 Å². The topological polar surface area (TPSA) is 37.8 Å². The van der Waals surface area contributed by atoms with E-state index in [9.17, 15) is 4.79 Å². The summed E-state index contributed by atoms with van der Waals surface area (Å²) in [5.41, 5.74) is 3.19. The van der Waals surface area contributed by atoms with Gasteiger partial charge in [-0.15, -0.1) is 0 Å². The Morgan fingerprint density at radius 2 is 1.93 bits per heavy atom. The Bertz CT molecular complexity index is 505. The fraction of sp³-hybridized carbons (Fsp3) is 0.250. The van der Waals surface area contributed by atoms with Gasteiger partial charge in [0.05, 0.1) is 5.69 Å². The van der Waals surface area contributed by atoms with E-state index < -0.39 is 0 Å². The molecule has 0 saturated carbocycles.